The number of para-hydroxylation sites is 2. The second-order valence-corrected chi connectivity index (χ2v) is 5.12. The van der Waals surface area contributed by atoms with Crippen molar-refractivity contribution in [3.8, 4) is 23.0 Å². The zero-order valence-corrected chi connectivity index (χ0v) is 14.2. The third-order valence-electron chi connectivity index (χ3n) is 3.34. The first-order valence-electron chi connectivity index (χ1n) is 7.98. The highest BCUT2D eigenvalue weighted by molar-refractivity contribution is 5.45. The average Bonchev–Trinajstić information content (AvgIpc) is 3.25. The fourth-order valence-electron chi connectivity index (χ4n) is 2.12. The Kier molecular flexibility index (Phi) is 10.2. The summed E-state index contributed by atoms with van der Waals surface area (Å²) in [6.07, 6.45) is 0. The molecule has 0 unspecified atom stereocenters. The molecule has 4 nitrogen and oxygen atoms in total. The van der Waals surface area contributed by atoms with Crippen molar-refractivity contribution in [3.05, 3.63) is 48.0 Å². The van der Waals surface area contributed by atoms with Gasteiger partial charge in [-0.3, -0.25) is 0 Å². The van der Waals surface area contributed by atoms with Crippen LogP contribution < -0.4 is 18.9 Å². The molecule has 0 atom stereocenters. The Morgan fingerprint density at radius 2 is 1.12 bits per heavy atom. The zero-order chi connectivity index (χ0) is 16.7. The Hall–Kier alpha value is -2.36. The first-order chi connectivity index (χ1) is 11.2. The van der Waals surface area contributed by atoms with Crippen LogP contribution in [0.25, 0.3) is 0 Å². The van der Waals surface area contributed by atoms with Crippen molar-refractivity contribution in [2.24, 2.45) is 0 Å². The van der Waals surface area contributed by atoms with E-state index in [9.17, 15) is 0 Å². The molecule has 0 saturated carbocycles. The summed E-state index contributed by atoms with van der Waals surface area (Å²) in [5.74, 6) is 3.97. The number of hydrogen-bond acceptors (Lipinski definition) is 4. The van der Waals surface area contributed by atoms with E-state index in [1.807, 2.05) is 50.2 Å². The first kappa shape index (κ1) is 22.6. The van der Waals surface area contributed by atoms with Crippen LogP contribution in [-0.2, 0) is 0 Å². The molecule has 4 heteroatoms. The van der Waals surface area contributed by atoms with Gasteiger partial charge in [0.2, 0.25) is 13.6 Å². The highest BCUT2D eigenvalue weighted by Crippen LogP contribution is 2.34. The molecule has 25 heavy (non-hydrogen) atoms. The minimum atomic E-state index is 0. The van der Waals surface area contributed by atoms with Crippen molar-refractivity contribution in [2.45, 2.75) is 48.5 Å². The number of fused-ring (bicyclic) bond motifs is 2. The summed E-state index contributed by atoms with van der Waals surface area (Å²) >= 11 is 0. The summed E-state index contributed by atoms with van der Waals surface area (Å²) in [7, 11) is 0. The SMILES string of the molecule is C.C.CC.CC(C)c1ccc2c(c1)OCO2.c1ccc2c(c1)OCO2. The van der Waals surface area contributed by atoms with Crippen LogP contribution in [0.2, 0.25) is 0 Å². The van der Waals surface area contributed by atoms with Crippen molar-refractivity contribution in [3.63, 3.8) is 0 Å². The maximum Gasteiger partial charge on any atom is 0.231 e. The van der Waals surface area contributed by atoms with Crippen LogP contribution in [-0.4, -0.2) is 13.6 Å². The Balaban J connectivity index is 0.000000400. The molecule has 140 valence electrons. The lowest BCUT2D eigenvalue weighted by atomic mass is 10.0. The van der Waals surface area contributed by atoms with Gasteiger partial charge in [0.05, 0.1) is 0 Å². The second-order valence-electron chi connectivity index (χ2n) is 5.12. The van der Waals surface area contributed by atoms with Crippen molar-refractivity contribution < 1.29 is 18.9 Å². The van der Waals surface area contributed by atoms with Gasteiger partial charge in [-0.2, -0.15) is 0 Å². The van der Waals surface area contributed by atoms with Crippen molar-refractivity contribution in [1.29, 1.82) is 0 Å². The summed E-state index contributed by atoms with van der Waals surface area (Å²) in [5, 5.41) is 0. The fraction of sp³-hybridized carbons (Fsp3) is 0.429. The van der Waals surface area contributed by atoms with Gasteiger partial charge in [0.25, 0.3) is 0 Å². The summed E-state index contributed by atoms with van der Waals surface area (Å²) in [6, 6.07) is 13.7. The van der Waals surface area contributed by atoms with E-state index in [2.05, 4.69) is 19.9 Å². The van der Waals surface area contributed by atoms with Crippen LogP contribution in [0, 0.1) is 0 Å². The Labute approximate surface area is 152 Å². The molecule has 2 aliphatic heterocycles. The number of ether oxygens (including phenoxy) is 4. The molecule has 0 bridgehead atoms. The molecule has 2 aromatic rings. The molecule has 0 radical (unpaired) electrons. The third kappa shape index (κ3) is 5.89. The van der Waals surface area contributed by atoms with Gasteiger partial charge in [0, 0.05) is 0 Å². The summed E-state index contributed by atoms with van der Waals surface area (Å²) < 4.78 is 20.6. The third-order valence-corrected chi connectivity index (χ3v) is 3.34. The van der Waals surface area contributed by atoms with Crippen LogP contribution in [0.4, 0.5) is 0 Å². The number of benzene rings is 2. The molecule has 4 rings (SSSR count). The van der Waals surface area contributed by atoms with Crippen LogP contribution >= 0.6 is 0 Å². The topological polar surface area (TPSA) is 36.9 Å². The van der Waals surface area contributed by atoms with Gasteiger partial charge < -0.3 is 18.9 Å². The molecule has 0 aliphatic carbocycles. The van der Waals surface area contributed by atoms with Gasteiger partial charge in [-0.05, 0) is 35.7 Å². The Morgan fingerprint density at radius 1 is 0.680 bits per heavy atom. The predicted molar refractivity (Wildman–Crippen MR) is 104 cm³/mol. The molecule has 2 aromatic carbocycles. The molecule has 0 aromatic heterocycles. The smallest absolute Gasteiger partial charge is 0.231 e. The molecule has 2 aliphatic rings. The van der Waals surface area contributed by atoms with Crippen molar-refractivity contribution in [2.75, 3.05) is 13.6 Å². The summed E-state index contributed by atoms with van der Waals surface area (Å²) in [4.78, 5) is 0. The highest BCUT2D eigenvalue weighted by Gasteiger charge is 2.13. The predicted octanol–water partition coefficient (Wildman–Crippen LogP) is 6.25. The van der Waals surface area contributed by atoms with Crippen LogP contribution in [0.15, 0.2) is 42.5 Å². The van der Waals surface area contributed by atoms with E-state index in [4.69, 9.17) is 18.9 Å². The lowest BCUT2D eigenvalue weighted by molar-refractivity contribution is 0.173. The molecular formula is C21H32O4. The molecule has 2 heterocycles. The molecule has 0 spiro atoms. The van der Waals surface area contributed by atoms with Crippen LogP contribution in [0.3, 0.4) is 0 Å². The standard InChI is InChI=1S/C10H12O2.C7H6O2.C2H6.2CH4/c1-7(2)8-3-4-9-10(5-8)12-6-11-9;1-2-4-7-6(3-1)8-5-9-7;1-2;;/h3-5,7H,6H2,1-2H3;1-4H,5H2;1-2H3;2*1H4. The monoisotopic (exact) mass is 348 g/mol. The molecular weight excluding hydrogens is 316 g/mol. The fourth-order valence-corrected chi connectivity index (χ4v) is 2.12. The molecule has 0 fully saturated rings. The van der Waals surface area contributed by atoms with E-state index < -0.39 is 0 Å². The van der Waals surface area contributed by atoms with Gasteiger partial charge in [0.1, 0.15) is 0 Å². The van der Waals surface area contributed by atoms with E-state index in [1.165, 1.54) is 5.56 Å². The number of hydrogen-bond donors (Lipinski definition) is 0. The molecule has 0 N–H and O–H groups in total. The van der Waals surface area contributed by atoms with Crippen LogP contribution in [0.5, 0.6) is 23.0 Å². The molecule has 0 saturated heterocycles. The Bertz CT molecular complexity index is 600. The van der Waals surface area contributed by atoms with Gasteiger partial charge in [-0.25, -0.2) is 0 Å². The van der Waals surface area contributed by atoms with Gasteiger partial charge in [0.15, 0.2) is 23.0 Å². The maximum absolute atomic E-state index is 5.27. The van der Waals surface area contributed by atoms with Crippen molar-refractivity contribution >= 4 is 0 Å². The van der Waals surface area contributed by atoms with Gasteiger partial charge in [-0.1, -0.05) is 60.7 Å². The second kappa shape index (κ2) is 11.2. The number of rotatable bonds is 1. The minimum Gasteiger partial charge on any atom is -0.454 e. The minimum absolute atomic E-state index is 0. The van der Waals surface area contributed by atoms with E-state index in [-0.39, 0.29) is 14.9 Å². The normalized spacial score (nSPS) is 11.9. The lowest BCUT2D eigenvalue weighted by Crippen LogP contribution is -1.93. The van der Waals surface area contributed by atoms with Crippen molar-refractivity contribution in [1.82, 2.24) is 0 Å². The largest absolute Gasteiger partial charge is 0.454 e. The lowest BCUT2D eigenvalue weighted by Gasteiger charge is -2.05. The summed E-state index contributed by atoms with van der Waals surface area (Å²) in [5.41, 5.74) is 1.29. The van der Waals surface area contributed by atoms with E-state index in [0.29, 0.717) is 19.5 Å². The summed E-state index contributed by atoms with van der Waals surface area (Å²) in [6.45, 7) is 9.05. The van der Waals surface area contributed by atoms with E-state index in [1.54, 1.807) is 0 Å². The van der Waals surface area contributed by atoms with Crippen LogP contribution in [0.1, 0.15) is 54.0 Å². The average molecular weight is 348 g/mol. The van der Waals surface area contributed by atoms with Gasteiger partial charge >= 0.3 is 0 Å². The highest BCUT2D eigenvalue weighted by atomic mass is 16.7. The van der Waals surface area contributed by atoms with E-state index in [0.717, 1.165) is 23.0 Å². The zero-order valence-electron chi connectivity index (χ0n) is 14.2. The quantitative estimate of drug-likeness (QED) is 0.610. The van der Waals surface area contributed by atoms with Gasteiger partial charge in [-0.15, -0.1) is 0 Å². The Morgan fingerprint density at radius 3 is 1.60 bits per heavy atom. The first-order valence-corrected chi connectivity index (χ1v) is 7.98. The maximum atomic E-state index is 5.27. The molecule has 0 amide bonds. The van der Waals surface area contributed by atoms with E-state index >= 15 is 0 Å².